The zero-order valence-corrected chi connectivity index (χ0v) is 12.2. The van der Waals surface area contributed by atoms with Gasteiger partial charge in [0.2, 0.25) is 5.88 Å². The van der Waals surface area contributed by atoms with Crippen LogP contribution < -0.4 is 15.8 Å². The average Bonchev–Trinajstić information content (AvgIpc) is 2.48. The number of primary amides is 1. The third kappa shape index (κ3) is 3.79. The van der Waals surface area contributed by atoms with Gasteiger partial charge < -0.3 is 15.8 Å². The smallest absolute Gasteiger partial charge is 0.252 e. The van der Waals surface area contributed by atoms with Crippen LogP contribution in [0.25, 0.3) is 0 Å². The maximum absolute atomic E-state index is 11.4. The first-order valence-corrected chi connectivity index (χ1v) is 6.87. The lowest BCUT2D eigenvalue weighted by Gasteiger charge is -2.14. The number of hydrogen-bond donors (Lipinski definition) is 2. The number of nitrogens with zero attached hydrogens (tertiary/aromatic N) is 1. The summed E-state index contributed by atoms with van der Waals surface area (Å²) in [6, 6.07) is 10.8. The third-order valence-corrected chi connectivity index (χ3v) is 3.14. The minimum atomic E-state index is -0.525. The molecule has 0 radical (unpaired) electrons. The molecule has 0 aliphatic rings. The zero-order chi connectivity index (χ0) is 15.2. The minimum Gasteiger partial charge on any atom is -0.438 e. The number of para-hydroxylation sites is 1. The summed E-state index contributed by atoms with van der Waals surface area (Å²) in [7, 11) is 0. The Bertz CT molecular complexity index is 628. The molecule has 1 heterocycles. The number of nitrogens with two attached hydrogens (primary N) is 1. The highest BCUT2D eigenvalue weighted by Crippen LogP contribution is 2.25. The van der Waals surface area contributed by atoms with Crippen molar-refractivity contribution in [2.75, 3.05) is 6.54 Å². The second kappa shape index (κ2) is 6.85. The van der Waals surface area contributed by atoms with Crippen molar-refractivity contribution in [2.24, 2.45) is 5.73 Å². The molecular weight excluding hydrogens is 266 g/mol. The maximum Gasteiger partial charge on any atom is 0.252 e. The monoisotopic (exact) mass is 285 g/mol. The highest BCUT2D eigenvalue weighted by Gasteiger charge is 2.11. The molecule has 1 aromatic carbocycles. The van der Waals surface area contributed by atoms with E-state index in [0.717, 1.165) is 12.1 Å². The van der Waals surface area contributed by atoms with E-state index >= 15 is 0 Å². The first kappa shape index (κ1) is 15.0. The van der Waals surface area contributed by atoms with Gasteiger partial charge in [0.15, 0.2) is 0 Å². The predicted octanol–water partition coefficient (Wildman–Crippen LogP) is 2.64. The summed E-state index contributed by atoms with van der Waals surface area (Å²) in [6.45, 7) is 5.00. The topological polar surface area (TPSA) is 77.2 Å². The van der Waals surface area contributed by atoms with Crippen molar-refractivity contribution in [1.29, 1.82) is 0 Å². The van der Waals surface area contributed by atoms with Crippen LogP contribution in [0.2, 0.25) is 0 Å². The lowest BCUT2D eigenvalue weighted by molar-refractivity contribution is 0.0998. The summed E-state index contributed by atoms with van der Waals surface area (Å²) in [5.41, 5.74) is 6.74. The number of rotatable bonds is 6. The van der Waals surface area contributed by atoms with Crippen molar-refractivity contribution in [3.05, 3.63) is 53.7 Å². The summed E-state index contributed by atoms with van der Waals surface area (Å²) in [5.74, 6) is 0.319. The van der Waals surface area contributed by atoms with Crippen LogP contribution in [-0.4, -0.2) is 17.4 Å². The van der Waals surface area contributed by atoms with Crippen LogP contribution in [0.5, 0.6) is 11.6 Å². The Balaban J connectivity index is 2.24. The van der Waals surface area contributed by atoms with Gasteiger partial charge in [-0.15, -0.1) is 0 Å². The normalized spacial score (nSPS) is 11.9. The molecule has 110 valence electrons. The molecule has 1 amide bonds. The van der Waals surface area contributed by atoms with Gasteiger partial charge in [-0.2, -0.15) is 0 Å². The van der Waals surface area contributed by atoms with Gasteiger partial charge in [-0.25, -0.2) is 4.98 Å². The molecule has 2 rings (SSSR count). The second-order valence-corrected chi connectivity index (χ2v) is 4.67. The molecule has 0 saturated heterocycles. The van der Waals surface area contributed by atoms with Crippen molar-refractivity contribution in [2.45, 2.75) is 19.9 Å². The summed E-state index contributed by atoms with van der Waals surface area (Å²) in [4.78, 5) is 15.6. The van der Waals surface area contributed by atoms with Crippen LogP contribution >= 0.6 is 0 Å². The molecule has 0 saturated carbocycles. The predicted molar refractivity (Wildman–Crippen MR) is 81.4 cm³/mol. The first-order chi connectivity index (χ1) is 10.1. The van der Waals surface area contributed by atoms with Crippen molar-refractivity contribution < 1.29 is 9.53 Å². The number of nitrogens with one attached hydrogen (secondary N) is 1. The van der Waals surface area contributed by atoms with Crippen LogP contribution in [0.15, 0.2) is 42.6 Å². The molecule has 1 unspecified atom stereocenters. The number of carbonyl (C=O) groups excluding carboxylic acids is 1. The van der Waals surface area contributed by atoms with Crippen LogP contribution in [-0.2, 0) is 0 Å². The fraction of sp³-hybridized carbons (Fsp3) is 0.250. The maximum atomic E-state index is 11.4. The van der Waals surface area contributed by atoms with E-state index in [2.05, 4.69) is 24.1 Å². The molecule has 1 aromatic heterocycles. The van der Waals surface area contributed by atoms with Gasteiger partial charge >= 0.3 is 0 Å². The Morgan fingerprint density at radius 3 is 2.86 bits per heavy atom. The zero-order valence-electron chi connectivity index (χ0n) is 12.2. The molecular formula is C16H19N3O2. The molecule has 0 aliphatic carbocycles. The number of ether oxygens (including phenoxy) is 1. The number of amides is 1. The first-order valence-electron chi connectivity index (χ1n) is 6.87. The van der Waals surface area contributed by atoms with Crippen molar-refractivity contribution >= 4 is 5.91 Å². The van der Waals surface area contributed by atoms with Gasteiger partial charge in [-0.1, -0.05) is 19.1 Å². The highest BCUT2D eigenvalue weighted by atomic mass is 16.5. The summed E-state index contributed by atoms with van der Waals surface area (Å²) in [6.07, 6.45) is 1.69. The van der Waals surface area contributed by atoms with Gasteiger partial charge in [0.1, 0.15) is 5.75 Å². The number of benzene rings is 1. The van der Waals surface area contributed by atoms with Crippen molar-refractivity contribution in [1.82, 2.24) is 10.3 Å². The Kier molecular flexibility index (Phi) is 4.90. The van der Waals surface area contributed by atoms with Crippen LogP contribution in [0, 0.1) is 0 Å². The van der Waals surface area contributed by atoms with Gasteiger partial charge in [-0.3, -0.25) is 4.79 Å². The van der Waals surface area contributed by atoms with Gasteiger partial charge in [0.05, 0.1) is 5.56 Å². The van der Waals surface area contributed by atoms with E-state index in [1.165, 1.54) is 0 Å². The standard InChI is InChI=1S/C16H19N3O2/c1-3-18-11(2)12-8-9-19-15(10-12)21-14-7-5-4-6-13(14)16(17)20/h4-11,18H,3H2,1-2H3,(H2,17,20). The second-order valence-electron chi connectivity index (χ2n) is 4.67. The van der Waals surface area contributed by atoms with E-state index in [0.29, 0.717) is 17.2 Å². The van der Waals surface area contributed by atoms with E-state index in [9.17, 15) is 4.79 Å². The molecule has 3 N–H and O–H groups in total. The van der Waals surface area contributed by atoms with E-state index < -0.39 is 5.91 Å². The van der Waals surface area contributed by atoms with Gasteiger partial charge in [0.25, 0.3) is 5.91 Å². The molecule has 2 aromatic rings. The molecule has 21 heavy (non-hydrogen) atoms. The molecule has 5 heteroatoms. The number of pyridine rings is 1. The minimum absolute atomic E-state index is 0.201. The van der Waals surface area contributed by atoms with Crippen LogP contribution in [0.4, 0.5) is 0 Å². The van der Waals surface area contributed by atoms with Gasteiger partial charge in [-0.05, 0) is 37.2 Å². The Hall–Kier alpha value is -2.40. The fourth-order valence-electron chi connectivity index (χ4n) is 2.05. The van der Waals surface area contributed by atoms with E-state index in [4.69, 9.17) is 10.5 Å². The molecule has 0 bridgehead atoms. The Morgan fingerprint density at radius 1 is 1.38 bits per heavy atom. The van der Waals surface area contributed by atoms with Gasteiger partial charge in [0, 0.05) is 18.3 Å². The Labute approximate surface area is 124 Å². The molecule has 5 nitrogen and oxygen atoms in total. The van der Waals surface area contributed by atoms with Crippen molar-refractivity contribution in [3.63, 3.8) is 0 Å². The van der Waals surface area contributed by atoms with Crippen LogP contribution in [0.3, 0.4) is 0 Å². The van der Waals surface area contributed by atoms with E-state index in [1.54, 1.807) is 30.5 Å². The van der Waals surface area contributed by atoms with E-state index in [1.807, 2.05) is 12.1 Å². The Morgan fingerprint density at radius 2 is 2.14 bits per heavy atom. The molecule has 0 aliphatic heterocycles. The summed E-state index contributed by atoms with van der Waals surface area (Å²) >= 11 is 0. The fourth-order valence-corrected chi connectivity index (χ4v) is 2.05. The average molecular weight is 285 g/mol. The van der Waals surface area contributed by atoms with Crippen molar-refractivity contribution in [3.8, 4) is 11.6 Å². The molecule has 0 fully saturated rings. The molecule has 0 spiro atoms. The third-order valence-electron chi connectivity index (χ3n) is 3.14. The highest BCUT2D eigenvalue weighted by molar-refractivity contribution is 5.95. The number of hydrogen-bond acceptors (Lipinski definition) is 4. The summed E-state index contributed by atoms with van der Waals surface area (Å²) < 4.78 is 5.70. The number of carbonyl (C=O) groups is 1. The summed E-state index contributed by atoms with van der Waals surface area (Å²) in [5, 5.41) is 3.33. The quantitative estimate of drug-likeness (QED) is 0.855. The SMILES string of the molecule is CCNC(C)c1ccnc(Oc2ccccc2C(N)=O)c1. The lowest BCUT2D eigenvalue weighted by Crippen LogP contribution is -2.17. The largest absolute Gasteiger partial charge is 0.438 e. The lowest BCUT2D eigenvalue weighted by atomic mass is 10.1. The molecule has 1 atom stereocenters. The number of aromatic nitrogens is 1. The van der Waals surface area contributed by atoms with E-state index in [-0.39, 0.29) is 6.04 Å². The van der Waals surface area contributed by atoms with Crippen LogP contribution in [0.1, 0.15) is 35.8 Å².